The molecule has 0 saturated heterocycles. The van der Waals surface area contributed by atoms with Crippen molar-refractivity contribution < 1.29 is 24.2 Å². The summed E-state index contributed by atoms with van der Waals surface area (Å²) in [7, 11) is 0. The number of carbonyl (C=O) groups is 2. The van der Waals surface area contributed by atoms with Gasteiger partial charge in [-0.2, -0.15) is 0 Å². The Morgan fingerprint density at radius 3 is 2.86 bits per heavy atom. The number of aliphatic carboxylic acids is 1. The maximum atomic E-state index is 11.7. The molecule has 1 aliphatic rings. The number of fused-ring (bicyclic) bond motifs is 1. The van der Waals surface area contributed by atoms with Crippen LogP contribution in [0.25, 0.3) is 0 Å². The Balaban J connectivity index is 2.08. The van der Waals surface area contributed by atoms with E-state index in [2.05, 4.69) is 5.32 Å². The maximum absolute atomic E-state index is 11.7. The first kappa shape index (κ1) is 15.3. The molecule has 1 aromatic carbocycles. The average molecular weight is 293 g/mol. The molecule has 21 heavy (non-hydrogen) atoms. The van der Waals surface area contributed by atoms with Crippen LogP contribution in [-0.4, -0.2) is 36.3 Å². The third-order valence-electron chi connectivity index (χ3n) is 3.15. The number of carboxylic acid groups (broad SMARTS) is 1. The Bertz CT molecular complexity index is 541. The fourth-order valence-corrected chi connectivity index (χ4v) is 2.12. The largest absolute Gasteiger partial charge is 0.493 e. The summed E-state index contributed by atoms with van der Waals surface area (Å²) in [5.74, 6) is -0.781. The summed E-state index contributed by atoms with van der Waals surface area (Å²) in [6.07, 6.45) is 0.663. The summed E-state index contributed by atoms with van der Waals surface area (Å²) in [6.45, 7) is 4.06. The standard InChI is InChI=1S/C15H19NO5/c1-9(2)21-8-13(17)16-14(15(18)19)11-3-4-12-10(7-11)5-6-20-12/h3-4,7,9,14H,5-6,8H2,1-2H3,(H,16,17)(H,18,19). The Kier molecular flexibility index (Phi) is 4.80. The lowest BCUT2D eigenvalue weighted by atomic mass is 10.0. The first-order valence-corrected chi connectivity index (χ1v) is 6.86. The molecule has 1 amide bonds. The first-order chi connectivity index (χ1) is 9.97. The summed E-state index contributed by atoms with van der Waals surface area (Å²) < 4.78 is 10.6. The third kappa shape index (κ3) is 3.95. The molecule has 1 aliphatic heterocycles. The van der Waals surface area contributed by atoms with Gasteiger partial charge < -0.3 is 19.9 Å². The lowest BCUT2D eigenvalue weighted by Crippen LogP contribution is -2.36. The van der Waals surface area contributed by atoms with Gasteiger partial charge in [0.1, 0.15) is 12.4 Å². The molecular weight excluding hydrogens is 274 g/mol. The second kappa shape index (κ2) is 6.58. The highest BCUT2D eigenvalue weighted by Gasteiger charge is 2.24. The molecule has 0 fully saturated rings. The van der Waals surface area contributed by atoms with E-state index in [0.717, 1.165) is 17.7 Å². The molecule has 6 nitrogen and oxygen atoms in total. The van der Waals surface area contributed by atoms with Crippen molar-refractivity contribution in [2.24, 2.45) is 0 Å². The number of nitrogens with one attached hydrogen (secondary N) is 1. The van der Waals surface area contributed by atoms with Crippen LogP contribution in [0.3, 0.4) is 0 Å². The van der Waals surface area contributed by atoms with Crippen LogP contribution >= 0.6 is 0 Å². The van der Waals surface area contributed by atoms with Gasteiger partial charge in [0, 0.05) is 6.42 Å². The SMILES string of the molecule is CC(C)OCC(=O)NC(C(=O)O)c1ccc2c(c1)CCO2. The van der Waals surface area contributed by atoms with E-state index in [-0.39, 0.29) is 12.7 Å². The molecule has 0 bridgehead atoms. The summed E-state index contributed by atoms with van der Waals surface area (Å²) in [5.41, 5.74) is 1.50. The predicted octanol–water partition coefficient (Wildman–Crippen LogP) is 1.29. The van der Waals surface area contributed by atoms with Crippen LogP contribution in [0.1, 0.15) is 31.0 Å². The number of amides is 1. The molecule has 1 unspecified atom stereocenters. The zero-order valence-corrected chi connectivity index (χ0v) is 12.1. The zero-order valence-electron chi connectivity index (χ0n) is 12.1. The molecule has 2 N–H and O–H groups in total. The van der Waals surface area contributed by atoms with Gasteiger partial charge in [0.25, 0.3) is 0 Å². The molecule has 114 valence electrons. The normalized spacial score (nSPS) is 14.4. The van der Waals surface area contributed by atoms with Gasteiger partial charge in [-0.05, 0) is 37.1 Å². The topological polar surface area (TPSA) is 84.9 Å². The van der Waals surface area contributed by atoms with E-state index in [0.29, 0.717) is 12.2 Å². The van der Waals surface area contributed by atoms with Crippen molar-refractivity contribution in [1.82, 2.24) is 5.32 Å². The zero-order chi connectivity index (χ0) is 15.4. The minimum Gasteiger partial charge on any atom is -0.493 e. The van der Waals surface area contributed by atoms with Crippen molar-refractivity contribution in [3.63, 3.8) is 0 Å². The lowest BCUT2D eigenvalue weighted by Gasteiger charge is -2.16. The second-order valence-electron chi connectivity index (χ2n) is 5.16. The number of ether oxygens (including phenoxy) is 2. The van der Waals surface area contributed by atoms with E-state index in [1.54, 1.807) is 18.2 Å². The lowest BCUT2D eigenvalue weighted by molar-refractivity contribution is -0.143. The number of hydrogen-bond donors (Lipinski definition) is 2. The molecule has 0 aromatic heterocycles. The average Bonchev–Trinajstić information content (AvgIpc) is 2.89. The van der Waals surface area contributed by atoms with E-state index >= 15 is 0 Å². The quantitative estimate of drug-likeness (QED) is 0.825. The minimum atomic E-state index is -1.10. The van der Waals surface area contributed by atoms with Crippen molar-refractivity contribution in [1.29, 1.82) is 0 Å². The summed E-state index contributed by atoms with van der Waals surface area (Å²) >= 11 is 0. The first-order valence-electron chi connectivity index (χ1n) is 6.86. The van der Waals surface area contributed by atoms with E-state index in [1.807, 2.05) is 13.8 Å². The van der Waals surface area contributed by atoms with Crippen molar-refractivity contribution in [2.45, 2.75) is 32.4 Å². The van der Waals surface area contributed by atoms with Crippen molar-refractivity contribution in [3.8, 4) is 5.75 Å². The molecular formula is C15H19NO5. The number of rotatable bonds is 6. The second-order valence-corrected chi connectivity index (χ2v) is 5.16. The Hall–Kier alpha value is -2.08. The highest BCUT2D eigenvalue weighted by atomic mass is 16.5. The van der Waals surface area contributed by atoms with Gasteiger partial charge in [-0.1, -0.05) is 6.07 Å². The van der Waals surface area contributed by atoms with E-state index in [1.165, 1.54) is 0 Å². The number of carbonyl (C=O) groups excluding carboxylic acids is 1. The monoisotopic (exact) mass is 293 g/mol. The fourth-order valence-electron chi connectivity index (χ4n) is 2.12. The molecule has 1 atom stereocenters. The molecule has 0 spiro atoms. The van der Waals surface area contributed by atoms with Crippen LogP contribution in [0.2, 0.25) is 0 Å². The maximum Gasteiger partial charge on any atom is 0.330 e. The van der Waals surface area contributed by atoms with Gasteiger partial charge in [0.15, 0.2) is 6.04 Å². The van der Waals surface area contributed by atoms with Crippen molar-refractivity contribution in [3.05, 3.63) is 29.3 Å². The number of carboxylic acids is 1. The van der Waals surface area contributed by atoms with Gasteiger partial charge >= 0.3 is 5.97 Å². The van der Waals surface area contributed by atoms with Gasteiger partial charge in [0.05, 0.1) is 12.7 Å². The van der Waals surface area contributed by atoms with Crippen molar-refractivity contribution in [2.75, 3.05) is 13.2 Å². The molecule has 1 aromatic rings. The summed E-state index contributed by atoms with van der Waals surface area (Å²) in [5, 5.41) is 11.8. The van der Waals surface area contributed by atoms with Crippen molar-refractivity contribution >= 4 is 11.9 Å². The van der Waals surface area contributed by atoms with E-state index in [4.69, 9.17) is 9.47 Å². The van der Waals surface area contributed by atoms with E-state index < -0.39 is 17.9 Å². The molecule has 0 aliphatic carbocycles. The molecule has 0 saturated carbocycles. The van der Waals surface area contributed by atoms with Crippen LogP contribution in [0.5, 0.6) is 5.75 Å². The van der Waals surface area contributed by atoms with Gasteiger partial charge in [-0.25, -0.2) is 4.79 Å². The Morgan fingerprint density at radius 1 is 1.43 bits per heavy atom. The molecule has 0 radical (unpaired) electrons. The molecule has 6 heteroatoms. The smallest absolute Gasteiger partial charge is 0.330 e. The van der Waals surface area contributed by atoms with Gasteiger partial charge in [0.2, 0.25) is 5.91 Å². The Morgan fingerprint density at radius 2 is 2.19 bits per heavy atom. The van der Waals surface area contributed by atoms with Gasteiger partial charge in [-0.3, -0.25) is 4.79 Å². The van der Waals surface area contributed by atoms with Gasteiger partial charge in [-0.15, -0.1) is 0 Å². The minimum absolute atomic E-state index is 0.0869. The van der Waals surface area contributed by atoms with Crippen LogP contribution < -0.4 is 10.1 Å². The van der Waals surface area contributed by atoms with Crippen LogP contribution in [0.4, 0.5) is 0 Å². The summed E-state index contributed by atoms with van der Waals surface area (Å²) in [6, 6.07) is 4.08. The highest BCUT2D eigenvalue weighted by Crippen LogP contribution is 2.28. The van der Waals surface area contributed by atoms with Crippen LogP contribution in [0, 0.1) is 0 Å². The molecule has 1 heterocycles. The fraction of sp³-hybridized carbons (Fsp3) is 0.467. The highest BCUT2D eigenvalue weighted by molar-refractivity contribution is 5.85. The third-order valence-corrected chi connectivity index (χ3v) is 3.15. The Labute approximate surface area is 123 Å². The van der Waals surface area contributed by atoms with E-state index in [9.17, 15) is 14.7 Å². The number of hydrogen-bond acceptors (Lipinski definition) is 4. The predicted molar refractivity (Wildman–Crippen MR) is 75.2 cm³/mol. The number of benzene rings is 1. The summed E-state index contributed by atoms with van der Waals surface area (Å²) in [4.78, 5) is 23.1. The van der Waals surface area contributed by atoms with Crippen LogP contribution in [-0.2, 0) is 20.7 Å². The molecule has 2 rings (SSSR count). The van der Waals surface area contributed by atoms with Crippen LogP contribution in [0.15, 0.2) is 18.2 Å².